The number of nitrogens with zero attached hydrogens (tertiary/aromatic N) is 5. The number of aromatic nitrogens is 5. The minimum Gasteiger partial charge on any atom is -0.405 e. The quantitative estimate of drug-likeness (QED) is 0.590. The van der Waals surface area contributed by atoms with Gasteiger partial charge in [0.2, 0.25) is 0 Å². The average Bonchev–Trinajstić information content (AvgIpc) is 3.10. The standard InChI is InChI=1S/C13H13FN8O/c14-8-4-18-5-9-10(8)19-13(11-12(17)21-23-20-11)22(9)6-7(16)2-1-3-15/h1-5H,6,15-16H2,(H2,17,21)/b3-1-,7-2-. The molecular weight excluding hydrogens is 303 g/mol. The summed E-state index contributed by atoms with van der Waals surface area (Å²) in [5, 5.41) is 7.22. The van der Waals surface area contributed by atoms with Crippen molar-refractivity contribution >= 4 is 16.9 Å². The lowest BCUT2D eigenvalue weighted by Gasteiger charge is -2.07. The van der Waals surface area contributed by atoms with Gasteiger partial charge >= 0.3 is 0 Å². The van der Waals surface area contributed by atoms with E-state index in [2.05, 4.69) is 24.9 Å². The number of pyridine rings is 1. The molecule has 3 aromatic rings. The second kappa shape index (κ2) is 5.75. The van der Waals surface area contributed by atoms with Crippen LogP contribution in [0.3, 0.4) is 0 Å². The van der Waals surface area contributed by atoms with E-state index in [9.17, 15) is 4.39 Å². The molecule has 0 bridgehead atoms. The minimum atomic E-state index is -0.568. The molecule has 23 heavy (non-hydrogen) atoms. The molecule has 3 heterocycles. The summed E-state index contributed by atoms with van der Waals surface area (Å²) in [6.07, 6.45) is 7.10. The molecule has 0 radical (unpaired) electrons. The van der Waals surface area contributed by atoms with Crippen LogP contribution < -0.4 is 17.2 Å². The van der Waals surface area contributed by atoms with E-state index in [4.69, 9.17) is 17.2 Å². The number of fused-ring (bicyclic) bond motifs is 1. The number of nitrogen functional groups attached to an aromatic ring is 1. The Morgan fingerprint density at radius 1 is 1.35 bits per heavy atom. The highest BCUT2D eigenvalue weighted by Crippen LogP contribution is 2.27. The van der Waals surface area contributed by atoms with Gasteiger partial charge in [-0.05, 0) is 28.7 Å². The number of rotatable bonds is 4. The van der Waals surface area contributed by atoms with E-state index >= 15 is 0 Å². The molecule has 3 aromatic heterocycles. The molecule has 0 aliphatic rings. The first kappa shape index (κ1) is 14.5. The van der Waals surface area contributed by atoms with Gasteiger partial charge in [0, 0.05) is 5.70 Å². The van der Waals surface area contributed by atoms with Crippen LogP contribution >= 0.6 is 0 Å². The zero-order chi connectivity index (χ0) is 16.4. The van der Waals surface area contributed by atoms with Crippen molar-refractivity contribution in [1.29, 1.82) is 0 Å². The monoisotopic (exact) mass is 316 g/mol. The fourth-order valence-electron chi connectivity index (χ4n) is 2.11. The van der Waals surface area contributed by atoms with Gasteiger partial charge in [-0.3, -0.25) is 4.98 Å². The van der Waals surface area contributed by atoms with E-state index in [-0.39, 0.29) is 29.4 Å². The van der Waals surface area contributed by atoms with Gasteiger partial charge in [0.05, 0.1) is 24.5 Å². The van der Waals surface area contributed by atoms with Crippen LogP contribution in [0.2, 0.25) is 0 Å². The number of anilines is 1. The number of halogens is 1. The van der Waals surface area contributed by atoms with E-state index in [1.165, 1.54) is 12.4 Å². The predicted octanol–water partition coefficient (Wildman–Crippen LogP) is 0.518. The lowest BCUT2D eigenvalue weighted by atomic mass is 10.3. The predicted molar refractivity (Wildman–Crippen MR) is 80.8 cm³/mol. The van der Waals surface area contributed by atoms with Crippen molar-refractivity contribution in [2.75, 3.05) is 5.73 Å². The number of hydrogen-bond donors (Lipinski definition) is 3. The zero-order valence-corrected chi connectivity index (χ0v) is 11.8. The fraction of sp³-hybridized carbons (Fsp3) is 0.0769. The molecule has 118 valence electrons. The van der Waals surface area contributed by atoms with Crippen molar-refractivity contribution in [2.24, 2.45) is 11.5 Å². The smallest absolute Gasteiger partial charge is 0.199 e. The van der Waals surface area contributed by atoms with E-state index in [0.29, 0.717) is 11.2 Å². The molecule has 0 fully saturated rings. The van der Waals surface area contributed by atoms with Crippen LogP contribution in [0, 0.1) is 5.82 Å². The van der Waals surface area contributed by atoms with Crippen molar-refractivity contribution in [1.82, 2.24) is 24.8 Å². The second-order valence-electron chi connectivity index (χ2n) is 4.64. The summed E-state index contributed by atoms with van der Waals surface area (Å²) in [4.78, 5) is 8.07. The van der Waals surface area contributed by atoms with Gasteiger partial charge in [0.1, 0.15) is 5.52 Å². The van der Waals surface area contributed by atoms with E-state index in [0.717, 1.165) is 6.20 Å². The molecule has 0 aromatic carbocycles. The van der Waals surface area contributed by atoms with Crippen LogP contribution in [0.15, 0.2) is 41.1 Å². The van der Waals surface area contributed by atoms with Crippen molar-refractivity contribution in [3.05, 3.63) is 42.3 Å². The Bertz CT molecular complexity index is 910. The molecule has 0 saturated carbocycles. The first-order valence-electron chi connectivity index (χ1n) is 6.53. The molecule has 0 aliphatic carbocycles. The third-order valence-corrected chi connectivity index (χ3v) is 3.11. The number of nitrogens with two attached hydrogens (primary N) is 3. The Morgan fingerprint density at radius 2 is 2.17 bits per heavy atom. The summed E-state index contributed by atoms with van der Waals surface area (Å²) >= 11 is 0. The summed E-state index contributed by atoms with van der Waals surface area (Å²) < 4.78 is 20.2. The van der Waals surface area contributed by atoms with E-state index < -0.39 is 5.82 Å². The Morgan fingerprint density at radius 3 is 2.87 bits per heavy atom. The molecule has 6 N–H and O–H groups in total. The van der Waals surface area contributed by atoms with E-state index in [1.54, 1.807) is 16.7 Å². The highest BCUT2D eigenvalue weighted by molar-refractivity contribution is 5.81. The molecular formula is C13H13FN8O. The lowest BCUT2D eigenvalue weighted by Crippen LogP contribution is -2.10. The van der Waals surface area contributed by atoms with Crippen LogP contribution in [0.4, 0.5) is 10.2 Å². The fourth-order valence-corrected chi connectivity index (χ4v) is 2.11. The lowest BCUT2D eigenvalue weighted by molar-refractivity contribution is 0.310. The maximum atomic E-state index is 14.0. The SMILES string of the molecule is N/C=C\C=C(/N)Cn1c(-c2nonc2N)nc2c(F)cncc21. The summed E-state index contributed by atoms with van der Waals surface area (Å²) in [5.41, 5.74) is 18.2. The van der Waals surface area contributed by atoms with Gasteiger partial charge in [-0.2, -0.15) is 0 Å². The maximum Gasteiger partial charge on any atom is 0.199 e. The van der Waals surface area contributed by atoms with E-state index in [1.807, 2.05) is 0 Å². The molecule has 0 saturated heterocycles. The summed E-state index contributed by atoms with van der Waals surface area (Å²) in [7, 11) is 0. The van der Waals surface area contributed by atoms with Crippen molar-refractivity contribution in [3.63, 3.8) is 0 Å². The van der Waals surface area contributed by atoms with Crippen molar-refractivity contribution < 1.29 is 9.02 Å². The topological polar surface area (TPSA) is 148 Å². The average molecular weight is 316 g/mol. The molecule has 3 rings (SSSR count). The second-order valence-corrected chi connectivity index (χ2v) is 4.64. The van der Waals surface area contributed by atoms with Crippen LogP contribution in [-0.4, -0.2) is 24.8 Å². The Hall–Kier alpha value is -3.43. The molecule has 0 aliphatic heterocycles. The van der Waals surface area contributed by atoms with Gasteiger partial charge in [-0.25, -0.2) is 14.0 Å². The molecule has 0 atom stereocenters. The van der Waals surface area contributed by atoms with Crippen LogP contribution in [0.25, 0.3) is 22.6 Å². The van der Waals surface area contributed by atoms with Gasteiger partial charge in [0.15, 0.2) is 23.2 Å². The first-order valence-corrected chi connectivity index (χ1v) is 6.53. The van der Waals surface area contributed by atoms with Gasteiger partial charge in [-0.15, -0.1) is 0 Å². The van der Waals surface area contributed by atoms with Crippen molar-refractivity contribution in [2.45, 2.75) is 6.54 Å². The van der Waals surface area contributed by atoms with Crippen molar-refractivity contribution in [3.8, 4) is 11.5 Å². The van der Waals surface area contributed by atoms with Crippen LogP contribution in [-0.2, 0) is 6.54 Å². The van der Waals surface area contributed by atoms with Gasteiger partial charge < -0.3 is 21.8 Å². The number of hydrogen-bond acceptors (Lipinski definition) is 8. The van der Waals surface area contributed by atoms with Gasteiger partial charge in [0.25, 0.3) is 0 Å². The zero-order valence-electron chi connectivity index (χ0n) is 11.8. The largest absolute Gasteiger partial charge is 0.405 e. The third-order valence-electron chi connectivity index (χ3n) is 3.11. The third kappa shape index (κ3) is 2.57. The van der Waals surface area contributed by atoms with Gasteiger partial charge in [-0.1, -0.05) is 0 Å². The highest BCUT2D eigenvalue weighted by Gasteiger charge is 2.21. The summed E-state index contributed by atoms with van der Waals surface area (Å²) in [6, 6.07) is 0. The summed E-state index contributed by atoms with van der Waals surface area (Å²) in [6.45, 7) is 0.202. The molecule has 9 nitrogen and oxygen atoms in total. The number of imidazole rings is 1. The molecule has 0 amide bonds. The first-order chi connectivity index (χ1) is 11.1. The maximum absolute atomic E-state index is 14.0. The summed E-state index contributed by atoms with van der Waals surface area (Å²) in [5.74, 6) is -0.250. The molecule has 0 unspecified atom stereocenters. The molecule has 10 heteroatoms. The van der Waals surface area contributed by atoms with Crippen LogP contribution in [0.1, 0.15) is 0 Å². The number of allylic oxidation sites excluding steroid dienone is 3. The minimum absolute atomic E-state index is 0.0410. The Balaban J connectivity index is 2.21. The van der Waals surface area contributed by atoms with Crippen LogP contribution in [0.5, 0.6) is 0 Å². The normalized spacial score (nSPS) is 12.5. The molecule has 0 spiro atoms. The Kier molecular flexibility index (Phi) is 3.63. The highest BCUT2D eigenvalue weighted by atomic mass is 19.1. The Labute approximate surface area is 129 Å².